The molecule has 0 aromatic carbocycles. The molecule has 4 aromatic heterocycles. The van der Waals surface area contributed by atoms with E-state index < -0.39 is 0 Å². The summed E-state index contributed by atoms with van der Waals surface area (Å²) in [6, 6.07) is 12.2. The van der Waals surface area contributed by atoms with E-state index in [-0.39, 0.29) is 5.43 Å². The number of pyridine rings is 3. The van der Waals surface area contributed by atoms with Gasteiger partial charge in [0.15, 0.2) is 22.6 Å². The van der Waals surface area contributed by atoms with Crippen molar-refractivity contribution in [3.8, 4) is 11.5 Å². The normalized spacial score (nSPS) is 10.7. The maximum atomic E-state index is 12.4. The second-order valence-electron chi connectivity index (χ2n) is 5.09. The number of fused-ring (bicyclic) bond motifs is 1. The van der Waals surface area contributed by atoms with E-state index in [2.05, 4.69) is 20.3 Å². The Kier molecular flexibility index (Phi) is 3.47. The summed E-state index contributed by atoms with van der Waals surface area (Å²) in [5, 5.41) is 3.58. The summed E-state index contributed by atoms with van der Waals surface area (Å²) in [5.41, 5.74) is 1.58. The van der Waals surface area contributed by atoms with E-state index in [0.717, 1.165) is 5.69 Å². The minimum atomic E-state index is -0.145. The van der Waals surface area contributed by atoms with Gasteiger partial charge < -0.3 is 9.73 Å². The minimum absolute atomic E-state index is 0.145. The lowest BCUT2D eigenvalue weighted by Gasteiger charge is -2.08. The van der Waals surface area contributed by atoms with Crippen LogP contribution in [-0.4, -0.2) is 15.0 Å². The Hall–Kier alpha value is -3.54. The summed E-state index contributed by atoms with van der Waals surface area (Å²) in [6.07, 6.45) is 6.57. The molecule has 0 aliphatic heterocycles. The van der Waals surface area contributed by atoms with Crippen molar-refractivity contribution in [2.24, 2.45) is 0 Å². The standard InChI is InChI=1S/C18H12N4O2/c23-15-10-16(14-5-1-2-8-20-14)24-17-13(15)6-9-21-18(17)22-12-4-3-7-19-11-12/h1-11H,(H,21,22). The zero-order chi connectivity index (χ0) is 16.4. The van der Waals surface area contributed by atoms with E-state index in [0.29, 0.717) is 28.2 Å². The second-order valence-corrected chi connectivity index (χ2v) is 5.09. The molecule has 0 atom stereocenters. The summed E-state index contributed by atoms with van der Waals surface area (Å²) in [6.45, 7) is 0. The number of hydrogen-bond donors (Lipinski definition) is 1. The number of anilines is 2. The van der Waals surface area contributed by atoms with Crippen LogP contribution >= 0.6 is 0 Å². The van der Waals surface area contributed by atoms with Crippen molar-refractivity contribution in [2.45, 2.75) is 0 Å². The molecule has 116 valence electrons. The van der Waals surface area contributed by atoms with Gasteiger partial charge in [-0.15, -0.1) is 0 Å². The highest BCUT2D eigenvalue weighted by Crippen LogP contribution is 2.26. The van der Waals surface area contributed by atoms with Gasteiger partial charge in [-0.05, 0) is 30.3 Å². The summed E-state index contributed by atoms with van der Waals surface area (Å²) in [7, 11) is 0. The summed E-state index contributed by atoms with van der Waals surface area (Å²) >= 11 is 0. The van der Waals surface area contributed by atoms with Crippen LogP contribution < -0.4 is 10.7 Å². The molecule has 0 saturated carbocycles. The van der Waals surface area contributed by atoms with E-state index in [1.807, 2.05) is 18.2 Å². The Labute approximate surface area is 136 Å². The van der Waals surface area contributed by atoms with Crippen molar-refractivity contribution in [3.05, 3.63) is 77.5 Å². The molecule has 0 spiro atoms. The lowest BCUT2D eigenvalue weighted by atomic mass is 10.2. The monoisotopic (exact) mass is 316 g/mol. The van der Waals surface area contributed by atoms with E-state index in [1.165, 1.54) is 6.07 Å². The molecule has 4 rings (SSSR count). The first-order valence-electron chi connectivity index (χ1n) is 7.32. The zero-order valence-corrected chi connectivity index (χ0v) is 12.5. The van der Waals surface area contributed by atoms with Gasteiger partial charge in [-0.1, -0.05) is 6.07 Å². The SMILES string of the molecule is O=c1cc(-c2ccccn2)oc2c(Nc3cccnc3)nccc12. The first-order valence-corrected chi connectivity index (χ1v) is 7.32. The molecule has 0 unspecified atom stereocenters. The van der Waals surface area contributed by atoms with E-state index in [9.17, 15) is 4.79 Å². The molecule has 0 fully saturated rings. The summed E-state index contributed by atoms with van der Waals surface area (Å²) in [5.74, 6) is 0.853. The maximum Gasteiger partial charge on any atom is 0.193 e. The predicted octanol–water partition coefficient (Wildman–Crippen LogP) is 3.39. The first-order chi connectivity index (χ1) is 11.8. The van der Waals surface area contributed by atoms with Crippen LogP contribution in [0.5, 0.6) is 0 Å². The van der Waals surface area contributed by atoms with Crippen LogP contribution in [0.3, 0.4) is 0 Å². The van der Waals surface area contributed by atoms with Gasteiger partial charge in [0, 0.05) is 24.7 Å². The first kappa shape index (κ1) is 14.1. The van der Waals surface area contributed by atoms with E-state index in [4.69, 9.17) is 4.42 Å². The average Bonchev–Trinajstić information content (AvgIpc) is 2.64. The number of aromatic nitrogens is 3. The molecule has 0 saturated heterocycles. The topological polar surface area (TPSA) is 80.9 Å². The van der Waals surface area contributed by atoms with Gasteiger partial charge >= 0.3 is 0 Å². The van der Waals surface area contributed by atoms with Crippen molar-refractivity contribution in [3.63, 3.8) is 0 Å². The van der Waals surface area contributed by atoms with Crippen LogP contribution in [0, 0.1) is 0 Å². The molecule has 0 amide bonds. The molecule has 0 radical (unpaired) electrons. The van der Waals surface area contributed by atoms with Crippen molar-refractivity contribution in [2.75, 3.05) is 5.32 Å². The van der Waals surface area contributed by atoms with Gasteiger partial charge in [-0.3, -0.25) is 14.8 Å². The smallest absolute Gasteiger partial charge is 0.193 e. The van der Waals surface area contributed by atoms with Crippen molar-refractivity contribution in [1.82, 2.24) is 15.0 Å². The molecule has 1 N–H and O–H groups in total. The molecular weight excluding hydrogens is 304 g/mol. The number of nitrogens with one attached hydrogen (secondary N) is 1. The Balaban J connectivity index is 1.89. The quantitative estimate of drug-likeness (QED) is 0.624. The highest BCUT2D eigenvalue weighted by atomic mass is 16.3. The molecule has 4 aromatic rings. The van der Waals surface area contributed by atoms with Crippen LogP contribution in [0.15, 0.2) is 76.5 Å². The lowest BCUT2D eigenvalue weighted by Crippen LogP contribution is -2.04. The molecular formula is C18H12N4O2. The van der Waals surface area contributed by atoms with Gasteiger partial charge in [-0.2, -0.15) is 0 Å². The fourth-order valence-corrected chi connectivity index (χ4v) is 2.38. The van der Waals surface area contributed by atoms with Crippen LogP contribution in [0.4, 0.5) is 11.5 Å². The van der Waals surface area contributed by atoms with Gasteiger partial charge in [0.1, 0.15) is 5.69 Å². The molecule has 24 heavy (non-hydrogen) atoms. The predicted molar refractivity (Wildman–Crippen MR) is 91.0 cm³/mol. The third-order valence-electron chi connectivity index (χ3n) is 3.49. The van der Waals surface area contributed by atoms with Crippen LogP contribution in [0.25, 0.3) is 22.4 Å². The molecule has 0 aliphatic rings. The Morgan fingerprint density at radius 2 is 1.92 bits per heavy atom. The average molecular weight is 316 g/mol. The van der Waals surface area contributed by atoms with Gasteiger partial charge in [0.05, 0.1) is 17.3 Å². The second kappa shape index (κ2) is 5.92. The molecule has 4 heterocycles. The van der Waals surface area contributed by atoms with Gasteiger partial charge in [0.2, 0.25) is 0 Å². The lowest BCUT2D eigenvalue weighted by molar-refractivity contribution is 0.616. The summed E-state index contributed by atoms with van der Waals surface area (Å²) in [4.78, 5) is 25.0. The third kappa shape index (κ3) is 2.61. The number of hydrogen-bond acceptors (Lipinski definition) is 6. The Morgan fingerprint density at radius 3 is 2.71 bits per heavy atom. The fraction of sp³-hybridized carbons (Fsp3) is 0. The molecule has 0 bridgehead atoms. The van der Waals surface area contributed by atoms with Crippen molar-refractivity contribution < 1.29 is 4.42 Å². The van der Waals surface area contributed by atoms with Crippen molar-refractivity contribution in [1.29, 1.82) is 0 Å². The van der Waals surface area contributed by atoms with E-state index >= 15 is 0 Å². The van der Waals surface area contributed by atoms with E-state index in [1.54, 1.807) is 43.0 Å². The summed E-state index contributed by atoms with van der Waals surface area (Å²) < 4.78 is 5.92. The Bertz CT molecular complexity index is 1050. The van der Waals surface area contributed by atoms with Gasteiger partial charge in [-0.25, -0.2) is 4.98 Å². The van der Waals surface area contributed by atoms with Crippen LogP contribution in [0.1, 0.15) is 0 Å². The highest BCUT2D eigenvalue weighted by molar-refractivity contribution is 5.88. The maximum absolute atomic E-state index is 12.4. The number of nitrogens with zero attached hydrogens (tertiary/aromatic N) is 3. The number of rotatable bonds is 3. The third-order valence-corrected chi connectivity index (χ3v) is 3.49. The zero-order valence-electron chi connectivity index (χ0n) is 12.5. The largest absolute Gasteiger partial charge is 0.450 e. The Morgan fingerprint density at radius 1 is 0.958 bits per heavy atom. The van der Waals surface area contributed by atoms with Crippen molar-refractivity contribution >= 4 is 22.5 Å². The molecule has 6 heteroatoms. The molecule has 0 aliphatic carbocycles. The fourth-order valence-electron chi connectivity index (χ4n) is 2.38. The molecule has 6 nitrogen and oxygen atoms in total. The van der Waals surface area contributed by atoms with Crippen LogP contribution in [0.2, 0.25) is 0 Å². The van der Waals surface area contributed by atoms with Gasteiger partial charge in [0.25, 0.3) is 0 Å². The van der Waals surface area contributed by atoms with Crippen LogP contribution in [-0.2, 0) is 0 Å². The minimum Gasteiger partial charge on any atom is -0.450 e. The highest BCUT2D eigenvalue weighted by Gasteiger charge is 2.12.